The number of benzene rings is 1. The van der Waals surface area contributed by atoms with Gasteiger partial charge in [-0.3, -0.25) is 4.98 Å². The molecule has 88 valence electrons. The molecule has 1 aromatic heterocycles. The number of pyridine rings is 1. The molecule has 0 amide bonds. The summed E-state index contributed by atoms with van der Waals surface area (Å²) < 4.78 is 5.61. The van der Waals surface area contributed by atoms with Gasteiger partial charge in [-0.15, -0.1) is 0 Å². The van der Waals surface area contributed by atoms with Crippen molar-refractivity contribution in [3.63, 3.8) is 0 Å². The largest absolute Gasteiger partial charge is 0.493 e. The highest BCUT2D eigenvalue weighted by Crippen LogP contribution is 2.13. The van der Waals surface area contributed by atoms with E-state index in [2.05, 4.69) is 4.98 Å². The zero-order valence-corrected chi connectivity index (χ0v) is 9.54. The molecule has 0 saturated heterocycles. The zero-order valence-electron chi connectivity index (χ0n) is 9.54. The second kappa shape index (κ2) is 6.01. The minimum absolute atomic E-state index is 0.0415. The van der Waals surface area contributed by atoms with Crippen LogP contribution in [0.3, 0.4) is 0 Å². The highest BCUT2D eigenvalue weighted by Gasteiger charge is 1.97. The fraction of sp³-hybridized carbons (Fsp3) is 0.214. The molecule has 0 spiro atoms. The Balaban J connectivity index is 1.86. The molecule has 0 aliphatic carbocycles. The first kappa shape index (κ1) is 11.6. The summed E-state index contributed by atoms with van der Waals surface area (Å²) in [4.78, 5) is 4.05. The van der Waals surface area contributed by atoms with Gasteiger partial charge in [0.1, 0.15) is 5.75 Å². The molecule has 1 aromatic carbocycles. The van der Waals surface area contributed by atoms with Crippen molar-refractivity contribution in [1.29, 1.82) is 0 Å². The lowest BCUT2D eigenvalue weighted by Gasteiger charge is -2.07. The van der Waals surface area contributed by atoms with E-state index < -0.39 is 0 Å². The normalized spacial score (nSPS) is 10.2. The minimum Gasteiger partial charge on any atom is -0.493 e. The van der Waals surface area contributed by atoms with E-state index >= 15 is 0 Å². The topological polar surface area (TPSA) is 42.4 Å². The van der Waals surface area contributed by atoms with Crippen molar-refractivity contribution in [1.82, 2.24) is 4.98 Å². The van der Waals surface area contributed by atoms with Gasteiger partial charge in [0.2, 0.25) is 0 Å². The molecule has 2 rings (SSSR count). The number of aromatic nitrogens is 1. The molecule has 1 heterocycles. The Morgan fingerprint density at radius 1 is 1.12 bits per heavy atom. The van der Waals surface area contributed by atoms with E-state index in [0.29, 0.717) is 6.61 Å². The predicted molar refractivity (Wildman–Crippen MR) is 65.8 cm³/mol. The molecule has 1 N–H and O–H groups in total. The smallest absolute Gasteiger partial charge is 0.119 e. The molecule has 0 aliphatic rings. The van der Waals surface area contributed by atoms with E-state index in [0.717, 1.165) is 23.3 Å². The quantitative estimate of drug-likeness (QED) is 0.854. The van der Waals surface area contributed by atoms with Gasteiger partial charge in [-0.25, -0.2) is 0 Å². The van der Waals surface area contributed by atoms with Crippen molar-refractivity contribution >= 4 is 0 Å². The molecule has 17 heavy (non-hydrogen) atoms. The summed E-state index contributed by atoms with van der Waals surface area (Å²) in [5.74, 6) is 0.792. The van der Waals surface area contributed by atoms with Gasteiger partial charge in [0.25, 0.3) is 0 Å². The molecular formula is C14H15NO2. The first-order valence-corrected chi connectivity index (χ1v) is 5.60. The number of hydrogen-bond donors (Lipinski definition) is 1. The molecule has 0 radical (unpaired) electrons. The molecule has 0 aliphatic heterocycles. The summed E-state index contributed by atoms with van der Waals surface area (Å²) in [6.07, 6.45) is 4.43. The Morgan fingerprint density at radius 3 is 2.76 bits per heavy atom. The summed E-state index contributed by atoms with van der Waals surface area (Å²) in [7, 11) is 0. The molecule has 0 unspecified atom stereocenters. The van der Waals surface area contributed by atoms with Gasteiger partial charge in [0.15, 0.2) is 0 Å². The van der Waals surface area contributed by atoms with Gasteiger partial charge in [0, 0.05) is 18.8 Å². The van der Waals surface area contributed by atoms with Gasteiger partial charge in [-0.05, 0) is 29.3 Å². The van der Waals surface area contributed by atoms with E-state index in [1.54, 1.807) is 6.20 Å². The molecule has 0 saturated carbocycles. The Hall–Kier alpha value is -1.87. The average Bonchev–Trinajstić information content (AvgIpc) is 2.40. The fourth-order valence-electron chi connectivity index (χ4n) is 1.57. The van der Waals surface area contributed by atoms with Crippen molar-refractivity contribution in [3.05, 3.63) is 59.9 Å². The summed E-state index contributed by atoms with van der Waals surface area (Å²) in [5.41, 5.74) is 2.02. The lowest BCUT2D eigenvalue weighted by atomic mass is 10.2. The lowest BCUT2D eigenvalue weighted by Crippen LogP contribution is -2.01. The molecular weight excluding hydrogens is 214 g/mol. The van der Waals surface area contributed by atoms with Gasteiger partial charge < -0.3 is 9.84 Å². The van der Waals surface area contributed by atoms with E-state index in [1.807, 2.05) is 42.6 Å². The third kappa shape index (κ3) is 3.57. The average molecular weight is 229 g/mol. The first-order chi connectivity index (χ1) is 8.38. The number of aliphatic hydroxyl groups is 1. The Morgan fingerprint density at radius 2 is 2.00 bits per heavy atom. The molecule has 0 fully saturated rings. The van der Waals surface area contributed by atoms with Gasteiger partial charge in [-0.2, -0.15) is 0 Å². The summed E-state index contributed by atoms with van der Waals surface area (Å²) in [5, 5.41) is 9.00. The summed E-state index contributed by atoms with van der Waals surface area (Å²) in [6.45, 7) is 0.653. The van der Waals surface area contributed by atoms with Crippen LogP contribution in [0.4, 0.5) is 0 Å². The van der Waals surface area contributed by atoms with Crippen LogP contribution in [0.15, 0.2) is 48.8 Å². The molecule has 2 aromatic rings. The minimum atomic E-state index is 0.0415. The number of aliphatic hydroxyl groups excluding tert-OH is 1. The third-order valence-corrected chi connectivity index (χ3v) is 2.46. The standard InChI is InChI=1S/C14H15NO2/c16-11-13-3-1-5-14(9-13)17-8-6-12-4-2-7-15-10-12/h1-5,7,9-10,16H,6,8,11H2. The highest BCUT2D eigenvalue weighted by atomic mass is 16.5. The molecule has 0 atom stereocenters. The van der Waals surface area contributed by atoms with Crippen molar-refractivity contribution in [2.24, 2.45) is 0 Å². The Kier molecular flexibility index (Phi) is 4.11. The first-order valence-electron chi connectivity index (χ1n) is 5.60. The van der Waals surface area contributed by atoms with E-state index in [1.165, 1.54) is 0 Å². The SMILES string of the molecule is OCc1cccc(OCCc2cccnc2)c1. The molecule has 3 heteroatoms. The van der Waals surface area contributed by atoms with Crippen LogP contribution >= 0.6 is 0 Å². The maximum Gasteiger partial charge on any atom is 0.119 e. The van der Waals surface area contributed by atoms with Crippen LogP contribution in [0, 0.1) is 0 Å². The van der Waals surface area contributed by atoms with Crippen molar-refractivity contribution in [2.75, 3.05) is 6.61 Å². The predicted octanol–water partition coefficient (Wildman–Crippen LogP) is 2.20. The van der Waals surface area contributed by atoms with E-state index in [-0.39, 0.29) is 6.61 Å². The highest BCUT2D eigenvalue weighted by molar-refractivity contribution is 5.28. The summed E-state index contributed by atoms with van der Waals surface area (Å²) >= 11 is 0. The number of hydrogen-bond acceptors (Lipinski definition) is 3. The van der Waals surface area contributed by atoms with Gasteiger partial charge >= 0.3 is 0 Å². The maximum atomic E-state index is 9.00. The maximum absolute atomic E-state index is 9.00. The van der Waals surface area contributed by atoms with Crippen LogP contribution < -0.4 is 4.74 Å². The Bertz CT molecular complexity index is 457. The third-order valence-electron chi connectivity index (χ3n) is 2.46. The Labute approximate surface area is 101 Å². The zero-order chi connectivity index (χ0) is 11.9. The van der Waals surface area contributed by atoms with Gasteiger partial charge in [0.05, 0.1) is 13.2 Å². The van der Waals surface area contributed by atoms with Crippen molar-refractivity contribution < 1.29 is 9.84 Å². The van der Waals surface area contributed by atoms with Crippen LogP contribution in [0.25, 0.3) is 0 Å². The van der Waals surface area contributed by atoms with Crippen LogP contribution in [0.2, 0.25) is 0 Å². The van der Waals surface area contributed by atoms with E-state index in [9.17, 15) is 0 Å². The second-order valence-electron chi connectivity index (χ2n) is 3.77. The van der Waals surface area contributed by atoms with Crippen LogP contribution in [0.1, 0.15) is 11.1 Å². The number of nitrogens with zero attached hydrogens (tertiary/aromatic N) is 1. The number of ether oxygens (including phenoxy) is 1. The summed E-state index contributed by atoms with van der Waals surface area (Å²) in [6, 6.07) is 11.4. The van der Waals surface area contributed by atoms with Crippen LogP contribution in [-0.2, 0) is 13.0 Å². The fourth-order valence-corrected chi connectivity index (χ4v) is 1.57. The number of rotatable bonds is 5. The monoisotopic (exact) mass is 229 g/mol. The van der Waals surface area contributed by atoms with Crippen LogP contribution in [0.5, 0.6) is 5.75 Å². The van der Waals surface area contributed by atoms with Gasteiger partial charge in [-0.1, -0.05) is 18.2 Å². The molecule has 3 nitrogen and oxygen atoms in total. The molecule has 0 bridgehead atoms. The lowest BCUT2D eigenvalue weighted by molar-refractivity contribution is 0.279. The second-order valence-corrected chi connectivity index (χ2v) is 3.77. The van der Waals surface area contributed by atoms with Crippen molar-refractivity contribution in [3.8, 4) is 5.75 Å². The van der Waals surface area contributed by atoms with Crippen molar-refractivity contribution in [2.45, 2.75) is 13.0 Å². The van der Waals surface area contributed by atoms with Crippen LogP contribution in [-0.4, -0.2) is 16.7 Å². The van der Waals surface area contributed by atoms with E-state index in [4.69, 9.17) is 9.84 Å².